The second-order valence-electron chi connectivity index (χ2n) is 12.7. The van der Waals surface area contributed by atoms with Crippen LogP contribution in [0.4, 0.5) is 10.1 Å². The number of amides is 2. The highest BCUT2D eigenvalue weighted by molar-refractivity contribution is 6.30. The quantitative estimate of drug-likeness (QED) is 0.453. The molecule has 1 saturated carbocycles. The molecule has 2 amide bonds. The minimum Gasteiger partial charge on any atom is -0.384 e. The van der Waals surface area contributed by atoms with Crippen molar-refractivity contribution in [1.82, 2.24) is 15.1 Å². The molecule has 0 unspecified atom stereocenters. The van der Waals surface area contributed by atoms with Gasteiger partial charge in [0.2, 0.25) is 11.6 Å². The Labute approximate surface area is 255 Å². The zero-order chi connectivity index (χ0) is 29.9. The molecule has 8 nitrogen and oxygen atoms in total. The van der Waals surface area contributed by atoms with Crippen LogP contribution in [-0.4, -0.2) is 106 Å². The van der Waals surface area contributed by atoms with Crippen LogP contribution in [0.2, 0.25) is 5.02 Å². The van der Waals surface area contributed by atoms with E-state index in [1.54, 1.807) is 19.1 Å². The van der Waals surface area contributed by atoms with E-state index in [0.717, 1.165) is 62.9 Å². The van der Waals surface area contributed by atoms with Crippen molar-refractivity contribution in [1.29, 1.82) is 0 Å². The van der Waals surface area contributed by atoms with E-state index in [1.165, 1.54) is 0 Å². The number of hydrogen-bond acceptors (Lipinski definition) is 6. The molecular formula is C32H48ClFN4O4. The van der Waals surface area contributed by atoms with Crippen LogP contribution >= 0.6 is 11.6 Å². The summed E-state index contributed by atoms with van der Waals surface area (Å²) in [5, 5.41) is 3.61. The van der Waals surface area contributed by atoms with Crippen molar-refractivity contribution in [2.24, 2.45) is 11.8 Å². The second kappa shape index (κ2) is 13.8. The Kier molecular flexibility index (Phi) is 10.3. The monoisotopic (exact) mass is 606 g/mol. The Morgan fingerprint density at radius 1 is 1.07 bits per heavy atom. The van der Waals surface area contributed by atoms with Crippen molar-refractivity contribution in [2.45, 2.75) is 75.6 Å². The molecule has 1 aromatic carbocycles. The van der Waals surface area contributed by atoms with Gasteiger partial charge in [-0.3, -0.25) is 14.5 Å². The SMILES string of the molecule is CCNC(=O)C1CCN(c2cc(Cl)ccc2[C@H]2CN(C(=O)[C@@]3(F)CCN([C@H]4CC[C@H](OC)CC4)C3)C[C@@H]2COC)CC1. The summed E-state index contributed by atoms with van der Waals surface area (Å²) in [7, 11) is 3.44. The van der Waals surface area contributed by atoms with Crippen molar-refractivity contribution in [3.8, 4) is 0 Å². The van der Waals surface area contributed by atoms with E-state index in [4.69, 9.17) is 21.1 Å². The number of benzene rings is 1. The normalized spacial score (nSPS) is 31.1. The number of alkyl halides is 1. The minimum absolute atomic E-state index is 0.00714. The summed E-state index contributed by atoms with van der Waals surface area (Å²) in [5.74, 6) is -0.171. The molecule has 0 radical (unpaired) electrons. The van der Waals surface area contributed by atoms with Gasteiger partial charge in [-0.25, -0.2) is 4.39 Å². The third-order valence-corrected chi connectivity index (χ3v) is 10.4. The molecule has 0 aromatic heterocycles. The zero-order valence-corrected chi connectivity index (χ0v) is 26.2. The lowest BCUT2D eigenvalue weighted by atomic mass is 9.87. The molecule has 3 heterocycles. The average Bonchev–Trinajstić information content (AvgIpc) is 3.62. The van der Waals surface area contributed by atoms with Gasteiger partial charge in [-0.2, -0.15) is 0 Å². The molecule has 3 aliphatic heterocycles. The summed E-state index contributed by atoms with van der Waals surface area (Å²) in [5.41, 5.74) is 0.309. The molecule has 4 aliphatic rings. The number of piperidine rings is 1. The maximum Gasteiger partial charge on any atom is 0.261 e. The number of nitrogens with one attached hydrogen (secondary N) is 1. The summed E-state index contributed by atoms with van der Waals surface area (Å²) in [6.45, 7) is 6.33. The maximum absolute atomic E-state index is 16.4. The summed E-state index contributed by atoms with van der Waals surface area (Å²) in [6.07, 6.45) is 6.07. The van der Waals surface area contributed by atoms with E-state index < -0.39 is 5.67 Å². The lowest BCUT2D eigenvalue weighted by Gasteiger charge is -2.35. The predicted molar refractivity (Wildman–Crippen MR) is 163 cm³/mol. The second-order valence-corrected chi connectivity index (χ2v) is 13.2. The lowest BCUT2D eigenvalue weighted by Crippen LogP contribution is -2.48. The molecule has 1 aliphatic carbocycles. The molecule has 0 bridgehead atoms. The molecular weight excluding hydrogens is 559 g/mol. The van der Waals surface area contributed by atoms with Crippen molar-refractivity contribution in [3.63, 3.8) is 0 Å². The maximum atomic E-state index is 16.4. The van der Waals surface area contributed by atoms with Crippen LogP contribution in [0.15, 0.2) is 18.2 Å². The van der Waals surface area contributed by atoms with E-state index in [0.29, 0.717) is 50.0 Å². The fourth-order valence-electron chi connectivity index (χ4n) is 7.79. The summed E-state index contributed by atoms with van der Waals surface area (Å²) >= 11 is 6.50. The van der Waals surface area contributed by atoms with Gasteiger partial charge in [0.15, 0.2) is 0 Å². The smallest absolute Gasteiger partial charge is 0.261 e. The first-order valence-corrected chi connectivity index (χ1v) is 16.2. The number of hydrogen-bond donors (Lipinski definition) is 1. The van der Waals surface area contributed by atoms with Gasteiger partial charge in [0.05, 0.1) is 12.7 Å². The van der Waals surface area contributed by atoms with E-state index >= 15 is 4.39 Å². The molecule has 3 atom stereocenters. The van der Waals surface area contributed by atoms with Crippen molar-refractivity contribution < 1.29 is 23.5 Å². The first-order valence-electron chi connectivity index (χ1n) is 15.8. The number of rotatable bonds is 9. The van der Waals surface area contributed by atoms with Crippen LogP contribution < -0.4 is 10.2 Å². The molecule has 5 rings (SSSR count). The molecule has 1 aromatic rings. The number of anilines is 1. The number of nitrogens with zero attached hydrogens (tertiary/aromatic N) is 3. The van der Waals surface area contributed by atoms with Crippen LogP contribution in [0.5, 0.6) is 0 Å². The number of likely N-dealkylation sites (tertiary alicyclic amines) is 2. The third-order valence-electron chi connectivity index (χ3n) is 10.2. The Hall–Kier alpha value is -1.94. The number of methoxy groups -OCH3 is 2. The summed E-state index contributed by atoms with van der Waals surface area (Å²) < 4.78 is 27.5. The van der Waals surface area contributed by atoms with Crippen LogP contribution in [0.3, 0.4) is 0 Å². The first-order chi connectivity index (χ1) is 20.3. The minimum atomic E-state index is -1.85. The van der Waals surface area contributed by atoms with Gasteiger partial charge >= 0.3 is 0 Å². The number of ether oxygens (including phenoxy) is 2. The van der Waals surface area contributed by atoms with Gasteiger partial charge < -0.3 is 24.6 Å². The zero-order valence-electron chi connectivity index (χ0n) is 25.5. The van der Waals surface area contributed by atoms with Gasteiger partial charge in [0.25, 0.3) is 5.91 Å². The average molecular weight is 607 g/mol. The van der Waals surface area contributed by atoms with Crippen molar-refractivity contribution >= 4 is 29.1 Å². The first kappa shape index (κ1) is 31.5. The molecule has 10 heteroatoms. The van der Waals surface area contributed by atoms with Crippen molar-refractivity contribution in [2.75, 3.05) is 71.5 Å². The van der Waals surface area contributed by atoms with Crippen LogP contribution in [0.25, 0.3) is 0 Å². The van der Waals surface area contributed by atoms with Crippen LogP contribution in [0.1, 0.15) is 63.4 Å². The number of carbonyl (C=O) groups excluding carboxylic acids is 2. The number of halogens is 2. The Balaban J connectivity index is 1.28. The van der Waals surface area contributed by atoms with Gasteiger partial charge in [0, 0.05) is 101 Å². The fourth-order valence-corrected chi connectivity index (χ4v) is 7.96. The highest BCUT2D eigenvalue weighted by Gasteiger charge is 2.51. The van der Waals surface area contributed by atoms with E-state index in [1.807, 2.05) is 19.1 Å². The van der Waals surface area contributed by atoms with E-state index in [-0.39, 0.29) is 42.5 Å². The Bertz CT molecular complexity index is 1090. The summed E-state index contributed by atoms with van der Waals surface area (Å²) in [4.78, 5) is 32.5. The topological polar surface area (TPSA) is 74.4 Å². The van der Waals surface area contributed by atoms with Gasteiger partial charge in [-0.15, -0.1) is 0 Å². The highest BCUT2D eigenvalue weighted by atomic mass is 35.5. The van der Waals surface area contributed by atoms with E-state index in [9.17, 15) is 9.59 Å². The number of carbonyl (C=O) groups is 2. The molecule has 234 valence electrons. The van der Waals surface area contributed by atoms with Crippen LogP contribution in [-0.2, 0) is 19.1 Å². The molecule has 0 spiro atoms. The fraction of sp³-hybridized carbons (Fsp3) is 0.750. The van der Waals surface area contributed by atoms with Crippen molar-refractivity contribution in [3.05, 3.63) is 28.8 Å². The van der Waals surface area contributed by atoms with Gasteiger partial charge in [0.1, 0.15) is 0 Å². The highest BCUT2D eigenvalue weighted by Crippen LogP contribution is 2.42. The molecule has 1 N–H and O–H groups in total. The molecule has 3 saturated heterocycles. The molecule has 42 heavy (non-hydrogen) atoms. The standard InChI is InChI=1S/C32H48ClFN4O4/c1-4-35-30(39)22-11-14-36(15-12-22)29-17-24(33)5-10-27(29)28-19-38(18-23(28)20-41-2)31(40)32(34)13-16-37(21-32)25-6-8-26(42-3)9-7-25/h5,10,17,22-23,25-26,28H,4,6-9,11-16,18-21H2,1-3H3,(H,35,39)/t23-,25-,26-,28+,32-/m1/s1. The van der Waals surface area contributed by atoms with E-state index in [2.05, 4.69) is 21.2 Å². The predicted octanol–water partition coefficient (Wildman–Crippen LogP) is 4.25. The van der Waals surface area contributed by atoms with Gasteiger partial charge in [-0.05, 0) is 63.1 Å². The largest absolute Gasteiger partial charge is 0.384 e. The van der Waals surface area contributed by atoms with Gasteiger partial charge in [-0.1, -0.05) is 17.7 Å². The molecule has 4 fully saturated rings. The Morgan fingerprint density at radius 3 is 2.48 bits per heavy atom. The Morgan fingerprint density at radius 2 is 1.81 bits per heavy atom. The lowest BCUT2D eigenvalue weighted by molar-refractivity contribution is -0.142. The third kappa shape index (κ3) is 6.74. The summed E-state index contributed by atoms with van der Waals surface area (Å²) in [6, 6.07) is 6.29. The van der Waals surface area contributed by atoms with Crippen LogP contribution in [0, 0.1) is 11.8 Å².